The topological polar surface area (TPSA) is 0 Å². The Balaban J connectivity index is 3.43. The average molecular weight is 175 g/mol. The van der Waals surface area contributed by atoms with Gasteiger partial charge in [-0.1, -0.05) is 11.6 Å². The lowest BCUT2D eigenvalue weighted by atomic mass is 10.0. The fraction of sp³-hybridized carbons (Fsp3) is 0.800. The Morgan fingerprint density at radius 2 is 2.00 bits per heavy atom. The molecule has 0 unspecified atom stereocenters. The van der Waals surface area contributed by atoms with Gasteiger partial charge in [0.25, 0.3) is 0 Å². The van der Waals surface area contributed by atoms with Crippen molar-refractivity contribution in [2.45, 2.75) is 51.8 Å². The molecule has 0 atom stereocenters. The molecule has 66 valence electrons. The van der Waals surface area contributed by atoms with E-state index in [1.54, 1.807) is 0 Å². The molecule has 0 rings (SSSR count). The van der Waals surface area contributed by atoms with Crippen molar-refractivity contribution in [3.05, 3.63) is 11.6 Å². The largest absolute Gasteiger partial charge is 0.120 e. The first kappa shape index (κ1) is 11.0. The molecule has 0 aromatic rings. The van der Waals surface area contributed by atoms with E-state index in [9.17, 15) is 0 Å². The number of rotatable bonds is 4. The molecule has 0 aliphatic rings. The van der Waals surface area contributed by atoms with Crippen molar-refractivity contribution in [2.24, 2.45) is 0 Å². The molecule has 0 saturated carbocycles. The lowest BCUT2D eigenvalue weighted by Gasteiger charge is -2.14. The molecule has 11 heavy (non-hydrogen) atoms. The Hall–Kier alpha value is 0.0300. The Kier molecular flexibility index (Phi) is 4.83. The van der Waals surface area contributed by atoms with Gasteiger partial charge in [-0.15, -0.1) is 11.6 Å². The monoisotopic (exact) mass is 174 g/mol. The summed E-state index contributed by atoms with van der Waals surface area (Å²) in [5, 5.41) is 0. The van der Waals surface area contributed by atoms with Crippen molar-refractivity contribution in [1.29, 1.82) is 0 Å². The number of halogens is 1. The Morgan fingerprint density at radius 3 is 2.36 bits per heavy atom. The zero-order chi connectivity index (χ0) is 8.91. The molecule has 0 amide bonds. The predicted molar refractivity (Wildman–Crippen MR) is 53.2 cm³/mol. The molecule has 0 fully saturated rings. The average Bonchev–Trinajstić information content (AvgIpc) is 1.85. The van der Waals surface area contributed by atoms with Gasteiger partial charge in [0.15, 0.2) is 0 Å². The van der Waals surface area contributed by atoms with Gasteiger partial charge in [0.2, 0.25) is 0 Å². The summed E-state index contributed by atoms with van der Waals surface area (Å²) in [6.45, 7) is 8.39. The van der Waals surface area contributed by atoms with E-state index in [1.807, 2.05) is 0 Å². The van der Waals surface area contributed by atoms with Crippen LogP contribution in [0.4, 0.5) is 0 Å². The van der Waals surface area contributed by atoms with E-state index in [-0.39, 0.29) is 4.87 Å². The first-order chi connectivity index (χ1) is 4.95. The molecular weight excluding hydrogens is 156 g/mol. The SMILES string of the molecule is C/C=C(\C)CCCC(C)(C)Cl. The number of hydrogen-bond donors (Lipinski definition) is 0. The van der Waals surface area contributed by atoms with Gasteiger partial charge in [0, 0.05) is 4.87 Å². The first-order valence-electron chi connectivity index (χ1n) is 4.26. The van der Waals surface area contributed by atoms with Crippen LogP contribution >= 0.6 is 11.6 Å². The summed E-state index contributed by atoms with van der Waals surface area (Å²) in [6.07, 6.45) is 5.65. The zero-order valence-electron chi connectivity index (χ0n) is 8.08. The maximum atomic E-state index is 6.04. The van der Waals surface area contributed by atoms with E-state index < -0.39 is 0 Å². The summed E-state index contributed by atoms with van der Waals surface area (Å²) in [6, 6.07) is 0. The smallest absolute Gasteiger partial charge is 0.0390 e. The standard InChI is InChI=1S/C10H19Cl/c1-5-9(2)7-6-8-10(3,4)11/h5H,6-8H2,1-4H3/b9-5+. The van der Waals surface area contributed by atoms with Gasteiger partial charge in [-0.25, -0.2) is 0 Å². The molecule has 0 spiro atoms. The molecule has 0 N–H and O–H groups in total. The van der Waals surface area contributed by atoms with Crippen molar-refractivity contribution >= 4 is 11.6 Å². The maximum Gasteiger partial charge on any atom is 0.0390 e. The summed E-state index contributed by atoms with van der Waals surface area (Å²) in [4.78, 5) is -0.0198. The Bertz CT molecular complexity index is 128. The lowest BCUT2D eigenvalue weighted by molar-refractivity contribution is 0.590. The molecule has 0 nitrogen and oxygen atoms in total. The molecule has 0 aliphatic heterocycles. The van der Waals surface area contributed by atoms with Gasteiger partial charge in [-0.3, -0.25) is 0 Å². The highest BCUT2D eigenvalue weighted by molar-refractivity contribution is 6.23. The van der Waals surface area contributed by atoms with E-state index >= 15 is 0 Å². The van der Waals surface area contributed by atoms with Crippen LogP contribution in [0.25, 0.3) is 0 Å². The first-order valence-corrected chi connectivity index (χ1v) is 4.64. The minimum absolute atomic E-state index is 0.0198. The third kappa shape index (κ3) is 7.93. The van der Waals surface area contributed by atoms with E-state index in [4.69, 9.17) is 11.6 Å². The van der Waals surface area contributed by atoms with Crippen LogP contribution in [-0.4, -0.2) is 4.87 Å². The summed E-state index contributed by atoms with van der Waals surface area (Å²) >= 11 is 6.04. The van der Waals surface area contributed by atoms with Crippen LogP contribution in [0.15, 0.2) is 11.6 Å². The summed E-state index contributed by atoms with van der Waals surface area (Å²) in [5.74, 6) is 0. The molecule has 0 aromatic heterocycles. The molecule has 0 aromatic carbocycles. The summed E-state index contributed by atoms with van der Waals surface area (Å²) in [7, 11) is 0. The molecule has 0 radical (unpaired) electrons. The zero-order valence-corrected chi connectivity index (χ0v) is 8.83. The molecule has 1 heteroatoms. The van der Waals surface area contributed by atoms with Crippen molar-refractivity contribution < 1.29 is 0 Å². The number of allylic oxidation sites excluding steroid dienone is 2. The third-order valence-corrected chi connectivity index (χ3v) is 2.02. The van der Waals surface area contributed by atoms with Crippen molar-refractivity contribution in [2.75, 3.05) is 0 Å². The molecule has 0 bridgehead atoms. The van der Waals surface area contributed by atoms with Crippen LogP contribution in [-0.2, 0) is 0 Å². The van der Waals surface area contributed by atoms with Crippen molar-refractivity contribution in [3.63, 3.8) is 0 Å². The van der Waals surface area contributed by atoms with Crippen LogP contribution in [0, 0.1) is 0 Å². The summed E-state index contributed by atoms with van der Waals surface area (Å²) in [5.41, 5.74) is 1.46. The van der Waals surface area contributed by atoms with Crippen molar-refractivity contribution in [3.8, 4) is 0 Å². The Morgan fingerprint density at radius 1 is 1.45 bits per heavy atom. The van der Waals surface area contributed by atoms with Gasteiger partial charge >= 0.3 is 0 Å². The van der Waals surface area contributed by atoms with Crippen LogP contribution in [0.1, 0.15) is 47.0 Å². The second-order valence-electron chi connectivity index (χ2n) is 3.71. The number of hydrogen-bond acceptors (Lipinski definition) is 0. The minimum Gasteiger partial charge on any atom is -0.120 e. The van der Waals surface area contributed by atoms with Crippen LogP contribution in [0.5, 0.6) is 0 Å². The molecular formula is C10H19Cl. The quantitative estimate of drug-likeness (QED) is 0.444. The van der Waals surface area contributed by atoms with E-state index in [2.05, 4.69) is 33.8 Å². The van der Waals surface area contributed by atoms with Crippen LogP contribution < -0.4 is 0 Å². The van der Waals surface area contributed by atoms with Gasteiger partial charge < -0.3 is 0 Å². The fourth-order valence-electron chi connectivity index (χ4n) is 0.932. The molecule has 0 aliphatic carbocycles. The van der Waals surface area contributed by atoms with Gasteiger partial charge in [0.05, 0.1) is 0 Å². The second-order valence-corrected chi connectivity index (χ2v) is 4.73. The maximum absolute atomic E-state index is 6.04. The predicted octanol–water partition coefficient (Wildman–Crippen LogP) is 4.14. The fourth-order valence-corrected chi connectivity index (χ4v) is 1.07. The molecule has 0 heterocycles. The van der Waals surface area contributed by atoms with Crippen molar-refractivity contribution in [1.82, 2.24) is 0 Å². The highest BCUT2D eigenvalue weighted by Gasteiger charge is 2.11. The normalized spacial score (nSPS) is 13.7. The highest BCUT2D eigenvalue weighted by atomic mass is 35.5. The lowest BCUT2D eigenvalue weighted by Crippen LogP contribution is -2.08. The van der Waals surface area contributed by atoms with Gasteiger partial charge in [-0.2, -0.15) is 0 Å². The van der Waals surface area contributed by atoms with Crippen LogP contribution in [0.2, 0.25) is 0 Å². The Labute approximate surface area is 75.6 Å². The molecule has 0 saturated heterocycles. The highest BCUT2D eigenvalue weighted by Crippen LogP contribution is 2.21. The van der Waals surface area contributed by atoms with Gasteiger partial charge in [-0.05, 0) is 47.0 Å². The third-order valence-electron chi connectivity index (χ3n) is 1.84. The van der Waals surface area contributed by atoms with Crippen LogP contribution in [0.3, 0.4) is 0 Å². The number of alkyl halides is 1. The van der Waals surface area contributed by atoms with E-state index in [0.29, 0.717) is 0 Å². The minimum atomic E-state index is -0.0198. The van der Waals surface area contributed by atoms with E-state index in [1.165, 1.54) is 18.4 Å². The van der Waals surface area contributed by atoms with E-state index in [0.717, 1.165) is 6.42 Å². The second kappa shape index (κ2) is 4.82. The van der Waals surface area contributed by atoms with Gasteiger partial charge in [0.1, 0.15) is 0 Å². The summed E-state index contributed by atoms with van der Waals surface area (Å²) < 4.78 is 0.